The lowest BCUT2D eigenvalue weighted by Gasteiger charge is -2.26. The molecule has 29 heavy (non-hydrogen) atoms. The molecule has 0 unspecified atom stereocenters. The zero-order chi connectivity index (χ0) is 20.7. The molecule has 0 fully saturated rings. The Kier molecular flexibility index (Phi) is 5.36. The SMILES string of the molecule is Cc1cc(N)cc2c1cc(CC1=C(Cl)CCC(C(=O)N3C=COCC3)=C1Cl)n2C. The van der Waals surface area contributed by atoms with Gasteiger partial charge in [0.05, 0.1) is 23.4 Å². The van der Waals surface area contributed by atoms with Crippen LogP contribution < -0.4 is 5.73 Å². The number of hydrogen-bond donors (Lipinski definition) is 1. The number of ether oxygens (including phenoxy) is 1. The first kappa shape index (κ1) is 19.9. The van der Waals surface area contributed by atoms with Crippen molar-refractivity contribution in [1.29, 1.82) is 0 Å². The lowest BCUT2D eigenvalue weighted by Crippen LogP contribution is -2.33. The fourth-order valence-electron chi connectivity index (χ4n) is 3.96. The highest BCUT2D eigenvalue weighted by Crippen LogP contribution is 2.38. The van der Waals surface area contributed by atoms with Gasteiger partial charge in [-0.1, -0.05) is 23.2 Å². The van der Waals surface area contributed by atoms with Crippen molar-refractivity contribution < 1.29 is 9.53 Å². The van der Waals surface area contributed by atoms with E-state index in [0.717, 1.165) is 33.4 Å². The zero-order valence-electron chi connectivity index (χ0n) is 16.5. The fraction of sp³-hybridized carbons (Fsp3) is 0.318. The third-order valence-electron chi connectivity index (χ3n) is 5.61. The van der Waals surface area contributed by atoms with Crippen LogP contribution in [0, 0.1) is 6.92 Å². The summed E-state index contributed by atoms with van der Waals surface area (Å²) in [4.78, 5) is 14.6. The zero-order valence-corrected chi connectivity index (χ0v) is 18.0. The summed E-state index contributed by atoms with van der Waals surface area (Å²) in [6.45, 7) is 3.05. The number of amides is 1. The lowest BCUT2D eigenvalue weighted by atomic mass is 9.94. The summed E-state index contributed by atoms with van der Waals surface area (Å²) in [6, 6.07) is 6.09. The molecule has 0 saturated heterocycles. The second-order valence-electron chi connectivity index (χ2n) is 7.47. The number of aryl methyl sites for hydroxylation is 2. The third kappa shape index (κ3) is 3.65. The maximum atomic E-state index is 13.0. The molecule has 152 valence electrons. The molecule has 2 aliphatic rings. The van der Waals surface area contributed by atoms with Crippen LogP contribution in [0.15, 0.2) is 51.9 Å². The van der Waals surface area contributed by atoms with Gasteiger partial charge in [0.2, 0.25) is 0 Å². The van der Waals surface area contributed by atoms with E-state index in [2.05, 4.69) is 17.6 Å². The number of halogens is 2. The van der Waals surface area contributed by atoms with Crippen LogP contribution >= 0.6 is 23.2 Å². The largest absolute Gasteiger partial charge is 0.498 e. The first-order chi connectivity index (χ1) is 13.9. The van der Waals surface area contributed by atoms with Gasteiger partial charge in [0, 0.05) is 47.0 Å². The van der Waals surface area contributed by atoms with Gasteiger partial charge in [0.15, 0.2) is 0 Å². The summed E-state index contributed by atoms with van der Waals surface area (Å²) >= 11 is 13.3. The molecule has 1 aliphatic carbocycles. The minimum atomic E-state index is -0.0862. The Morgan fingerprint density at radius 2 is 2.03 bits per heavy atom. The third-order valence-corrected chi connectivity index (χ3v) is 6.48. The maximum Gasteiger partial charge on any atom is 0.255 e. The van der Waals surface area contributed by atoms with Crippen LogP contribution in [0.4, 0.5) is 5.69 Å². The van der Waals surface area contributed by atoms with Gasteiger partial charge in [0.25, 0.3) is 5.91 Å². The predicted octanol–water partition coefficient (Wildman–Crippen LogP) is 4.72. The molecule has 7 heteroatoms. The van der Waals surface area contributed by atoms with E-state index >= 15 is 0 Å². The highest BCUT2D eigenvalue weighted by atomic mass is 35.5. The van der Waals surface area contributed by atoms with Gasteiger partial charge in [-0.3, -0.25) is 4.79 Å². The predicted molar refractivity (Wildman–Crippen MR) is 118 cm³/mol. The van der Waals surface area contributed by atoms with Gasteiger partial charge in [-0.05, 0) is 49.1 Å². The maximum absolute atomic E-state index is 13.0. The number of nitrogens with zero attached hydrogens (tertiary/aromatic N) is 2. The van der Waals surface area contributed by atoms with E-state index in [1.54, 1.807) is 11.1 Å². The summed E-state index contributed by atoms with van der Waals surface area (Å²) in [5, 5.41) is 2.33. The lowest BCUT2D eigenvalue weighted by molar-refractivity contribution is -0.125. The average Bonchev–Trinajstić information content (AvgIpc) is 3.01. The molecule has 5 nitrogen and oxygen atoms in total. The number of carbonyl (C=O) groups is 1. The van der Waals surface area contributed by atoms with Crippen molar-refractivity contribution in [3.8, 4) is 0 Å². The Morgan fingerprint density at radius 3 is 2.76 bits per heavy atom. The van der Waals surface area contributed by atoms with Crippen molar-refractivity contribution in [3.05, 3.63) is 63.1 Å². The molecule has 0 atom stereocenters. The summed E-state index contributed by atoms with van der Waals surface area (Å²) in [5.41, 5.74) is 11.5. The molecular weight excluding hydrogens is 409 g/mol. The molecule has 0 saturated carbocycles. The quantitative estimate of drug-likeness (QED) is 0.714. The highest BCUT2D eigenvalue weighted by molar-refractivity contribution is 6.37. The average molecular weight is 432 g/mol. The second-order valence-corrected chi connectivity index (χ2v) is 8.31. The van der Waals surface area contributed by atoms with Crippen molar-refractivity contribution in [3.63, 3.8) is 0 Å². The van der Waals surface area contributed by atoms with Crippen LogP contribution in [0.25, 0.3) is 10.9 Å². The molecule has 0 bridgehead atoms. The van der Waals surface area contributed by atoms with Crippen LogP contribution in [0.3, 0.4) is 0 Å². The van der Waals surface area contributed by atoms with E-state index in [4.69, 9.17) is 33.7 Å². The number of allylic oxidation sites excluding steroid dienone is 3. The van der Waals surface area contributed by atoms with Crippen LogP contribution in [0.5, 0.6) is 0 Å². The Bertz CT molecular complexity index is 1100. The molecule has 0 spiro atoms. The second kappa shape index (κ2) is 7.81. The standard InChI is InChI=1S/C22H23Cl2N3O2/c1-13-9-14(25)10-20-17(13)11-15(26(20)2)12-18-19(23)4-3-16(21(18)24)22(28)27-5-7-29-8-6-27/h5,7,9-11H,3-4,6,8,12,25H2,1-2H3. The minimum Gasteiger partial charge on any atom is -0.498 e. The van der Waals surface area contributed by atoms with Crippen molar-refractivity contribution in [1.82, 2.24) is 9.47 Å². The number of anilines is 1. The molecule has 1 aliphatic heterocycles. The van der Waals surface area contributed by atoms with Crippen LogP contribution in [0.2, 0.25) is 0 Å². The Hall–Kier alpha value is -2.37. The van der Waals surface area contributed by atoms with Gasteiger partial charge in [0.1, 0.15) is 6.61 Å². The summed E-state index contributed by atoms with van der Waals surface area (Å²) in [6.07, 6.45) is 4.89. The number of fused-ring (bicyclic) bond motifs is 1. The van der Waals surface area contributed by atoms with E-state index in [1.165, 1.54) is 6.26 Å². The summed E-state index contributed by atoms with van der Waals surface area (Å²) < 4.78 is 7.29. The molecule has 2 heterocycles. The molecular formula is C22H23Cl2N3O2. The number of hydrogen-bond acceptors (Lipinski definition) is 3. The van der Waals surface area contributed by atoms with Crippen molar-refractivity contribution in [2.24, 2.45) is 7.05 Å². The highest BCUT2D eigenvalue weighted by Gasteiger charge is 2.28. The number of aromatic nitrogens is 1. The number of nitrogen functional groups attached to an aromatic ring is 1. The van der Waals surface area contributed by atoms with E-state index in [0.29, 0.717) is 48.1 Å². The minimum absolute atomic E-state index is 0.0862. The van der Waals surface area contributed by atoms with Crippen LogP contribution in [0.1, 0.15) is 24.1 Å². The van der Waals surface area contributed by atoms with Gasteiger partial charge in [-0.2, -0.15) is 0 Å². The van der Waals surface area contributed by atoms with Crippen molar-refractivity contribution in [2.45, 2.75) is 26.2 Å². The molecule has 1 aromatic carbocycles. The smallest absolute Gasteiger partial charge is 0.255 e. The Balaban J connectivity index is 1.70. The van der Waals surface area contributed by atoms with Crippen LogP contribution in [-0.4, -0.2) is 28.5 Å². The number of benzene rings is 1. The van der Waals surface area contributed by atoms with Crippen LogP contribution in [-0.2, 0) is 23.0 Å². The fourth-order valence-corrected chi connectivity index (χ4v) is 4.63. The van der Waals surface area contributed by atoms with Gasteiger partial charge in [-0.15, -0.1) is 0 Å². The normalized spacial score (nSPS) is 17.3. The Morgan fingerprint density at radius 1 is 1.24 bits per heavy atom. The van der Waals surface area contributed by atoms with Crippen molar-refractivity contribution >= 4 is 45.7 Å². The first-order valence-corrected chi connectivity index (χ1v) is 10.3. The molecule has 4 rings (SSSR count). The van der Waals surface area contributed by atoms with Crippen molar-refractivity contribution in [2.75, 3.05) is 18.9 Å². The number of nitrogens with two attached hydrogens (primary N) is 1. The monoisotopic (exact) mass is 431 g/mol. The first-order valence-electron chi connectivity index (χ1n) is 9.57. The molecule has 2 aromatic rings. The topological polar surface area (TPSA) is 60.5 Å². The summed E-state index contributed by atoms with van der Waals surface area (Å²) in [7, 11) is 2.01. The molecule has 1 aromatic heterocycles. The molecule has 2 N–H and O–H groups in total. The van der Waals surface area contributed by atoms with E-state index in [-0.39, 0.29) is 5.91 Å². The van der Waals surface area contributed by atoms with E-state index in [9.17, 15) is 4.79 Å². The van der Waals surface area contributed by atoms with Gasteiger partial charge >= 0.3 is 0 Å². The Labute approximate surface area is 180 Å². The van der Waals surface area contributed by atoms with Gasteiger partial charge < -0.3 is 19.9 Å². The molecule has 1 amide bonds. The van der Waals surface area contributed by atoms with Gasteiger partial charge in [-0.25, -0.2) is 0 Å². The number of carbonyl (C=O) groups excluding carboxylic acids is 1. The molecule has 0 radical (unpaired) electrons. The van der Waals surface area contributed by atoms with E-state index in [1.807, 2.05) is 19.2 Å². The van der Waals surface area contributed by atoms with E-state index < -0.39 is 0 Å². The summed E-state index contributed by atoms with van der Waals surface area (Å²) in [5.74, 6) is -0.0862. The number of rotatable bonds is 3.